The van der Waals surface area contributed by atoms with E-state index in [4.69, 9.17) is 9.97 Å². The van der Waals surface area contributed by atoms with Crippen LogP contribution in [0, 0.1) is 25.7 Å². The van der Waals surface area contributed by atoms with Crippen LogP contribution in [0.3, 0.4) is 0 Å². The number of nitrogens with zero attached hydrogens (tertiary/aromatic N) is 4. The van der Waals surface area contributed by atoms with Gasteiger partial charge in [0.1, 0.15) is 16.5 Å². The van der Waals surface area contributed by atoms with Gasteiger partial charge in [-0.3, -0.25) is 4.90 Å². The van der Waals surface area contributed by atoms with E-state index in [1.807, 2.05) is 11.3 Å². The molecule has 4 rings (SSSR count). The van der Waals surface area contributed by atoms with Crippen molar-refractivity contribution in [3.05, 3.63) is 16.3 Å². The number of hydrogen-bond acceptors (Lipinski definition) is 6. The van der Waals surface area contributed by atoms with Gasteiger partial charge in [0, 0.05) is 24.0 Å². The van der Waals surface area contributed by atoms with Crippen LogP contribution in [0.15, 0.2) is 0 Å². The van der Waals surface area contributed by atoms with Gasteiger partial charge in [-0.1, -0.05) is 6.92 Å². The molecule has 29 heavy (non-hydrogen) atoms. The molecule has 0 amide bonds. The van der Waals surface area contributed by atoms with Crippen molar-refractivity contribution in [1.29, 1.82) is 0 Å². The lowest BCUT2D eigenvalue weighted by Crippen LogP contribution is -2.33. The number of anilines is 1. The van der Waals surface area contributed by atoms with Gasteiger partial charge in [-0.15, -0.1) is 11.3 Å². The molecule has 0 aromatic carbocycles. The van der Waals surface area contributed by atoms with E-state index in [0.29, 0.717) is 12.0 Å². The number of hydrogen-bond donors (Lipinski definition) is 1. The number of aromatic nitrogens is 2. The number of piperidine rings is 1. The molecule has 0 bridgehead atoms. The number of rotatable bonds is 6. The third kappa shape index (κ3) is 4.75. The molecule has 1 atom stereocenters. The lowest BCUT2D eigenvalue weighted by atomic mass is 9.99. The SMILES string of the molecule is Cc1sc2nc(CN3CCC(C)CC3)nc(NC[C@H]3CCN(C(C)C)C3)c2c1C. The summed E-state index contributed by atoms with van der Waals surface area (Å²) in [7, 11) is 0. The van der Waals surface area contributed by atoms with Crippen LogP contribution in [0.1, 0.15) is 56.3 Å². The minimum Gasteiger partial charge on any atom is -0.369 e. The first-order chi connectivity index (χ1) is 13.9. The highest BCUT2D eigenvalue weighted by atomic mass is 32.1. The van der Waals surface area contributed by atoms with E-state index in [1.165, 1.54) is 61.3 Å². The number of thiophene rings is 1. The van der Waals surface area contributed by atoms with Gasteiger partial charge in [0.05, 0.1) is 11.9 Å². The normalized spacial score (nSPS) is 22.2. The Labute approximate surface area is 179 Å². The maximum absolute atomic E-state index is 5.03. The van der Waals surface area contributed by atoms with Crippen molar-refractivity contribution in [1.82, 2.24) is 19.8 Å². The lowest BCUT2D eigenvalue weighted by Gasteiger charge is -2.29. The fourth-order valence-corrected chi connectivity index (χ4v) is 5.70. The van der Waals surface area contributed by atoms with Crippen molar-refractivity contribution < 1.29 is 0 Å². The van der Waals surface area contributed by atoms with E-state index in [9.17, 15) is 0 Å². The molecule has 4 heterocycles. The molecular formula is C23H37N5S. The van der Waals surface area contributed by atoms with Crippen LogP contribution in [-0.4, -0.2) is 58.5 Å². The number of aryl methyl sites for hydroxylation is 2. The second-order valence-electron chi connectivity index (χ2n) is 9.53. The molecular weight excluding hydrogens is 378 g/mol. The summed E-state index contributed by atoms with van der Waals surface area (Å²) < 4.78 is 0. The van der Waals surface area contributed by atoms with Crippen LogP contribution in [0.2, 0.25) is 0 Å². The summed E-state index contributed by atoms with van der Waals surface area (Å²) >= 11 is 1.81. The second-order valence-corrected chi connectivity index (χ2v) is 10.7. The van der Waals surface area contributed by atoms with Crippen LogP contribution in [0.4, 0.5) is 5.82 Å². The van der Waals surface area contributed by atoms with Gasteiger partial charge in [0.15, 0.2) is 0 Å². The van der Waals surface area contributed by atoms with Crippen molar-refractivity contribution in [2.24, 2.45) is 11.8 Å². The average Bonchev–Trinajstić information content (AvgIpc) is 3.27. The van der Waals surface area contributed by atoms with E-state index in [-0.39, 0.29) is 0 Å². The summed E-state index contributed by atoms with van der Waals surface area (Å²) in [6.07, 6.45) is 3.86. The van der Waals surface area contributed by atoms with Crippen molar-refractivity contribution in [3.8, 4) is 0 Å². The molecule has 0 radical (unpaired) electrons. The fraction of sp³-hybridized carbons (Fsp3) is 0.739. The lowest BCUT2D eigenvalue weighted by molar-refractivity contribution is 0.181. The Morgan fingerprint density at radius 1 is 1.10 bits per heavy atom. The summed E-state index contributed by atoms with van der Waals surface area (Å²) in [5.41, 5.74) is 1.33. The molecule has 5 nitrogen and oxygen atoms in total. The third-order valence-corrected chi connectivity index (χ3v) is 8.02. The van der Waals surface area contributed by atoms with Crippen molar-refractivity contribution in [2.45, 2.75) is 66.5 Å². The predicted octanol–water partition coefficient (Wildman–Crippen LogP) is 4.68. The van der Waals surface area contributed by atoms with Crippen LogP contribution >= 0.6 is 11.3 Å². The zero-order valence-corrected chi connectivity index (χ0v) is 19.6. The molecule has 0 unspecified atom stereocenters. The first-order valence-corrected chi connectivity index (χ1v) is 12.2. The first kappa shape index (κ1) is 21.0. The zero-order chi connectivity index (χ0) is 20.5. The zero-order valence-electron chi connectivity index (χ0n) is 18.8. The quantitative estimate of drug-likeness (QED) is 0.742. The molecule has 2 aliphatic rings. The Hall–Kier alpha value is -1.24. The molecule has 0 spiro atoms. The van der Waals surface area contributed by atoms with Gasteiger partial charge in [-0.25, -0.2) is 9.97 Å². The molecule has 0 aliphatic carbocycles. The summed E-state index contributed by atoms with van der Waals surface area (Å²) in [5.74, 6) is 3.59. The minimum atomic E-state index is 0.645. The van der Waals surface area contributed by atoms with Crippen molar-refractivity contribution in [2.75, 3.05) is 38.0 Å². The number of fused-ring (bicyclic) bond motifs is 1. The standard InChI is InChI=1S/C23H37N5S/c1-15(2)28-11-8-19(13-28)12-24-22-21-17(4)18(5)29-23(21)26-20(25-22)14-27-9-6-16(3)7-10-27/h15-16,19H,6-14H2,1-5H3,(H,24,25,26)/t19-/m1/s1. The van der Waals surface area contributed by atoms with Crippen molar-refractivity contribution >= 4 is 27.4 Å². The van der Waals surface area contributed by atoms with Gasteiger partial charge < -0.3 is 10.2 Å². The molecule has 1 N–H and O–H groups in total. The van der Waals surface area contributed by atoms with E-state index < -0.39 is 0 Å². The molecule has 2 saturated heterocycles. The molecule has 160 valence electrons. The smallest absolute Gasteiger partial charge is 0.146 e. The number of nitrogens with one attached hydrogen (secondary N) is 1. The predicted molar refractivity (Wildman–Crippen MR) is 124 cm³/mol. The van der Waals surface area contributed by atoms with Crippen LogP contribution < -0.4 is 5.32 Å². The minimum absolute atomic E-state index is 0.645. The highest BCUT2D eigenvalue weighted by Crippen LogP contribution is 2.34. The van der Waals surface area contributed by atoms with E-state index in [1.54, 1.807) is 0 Å². The molecule has 6 heteroatoms. The summed E-state index contributed by atoms with van der Waals surface area (Å²) in [5, 5.41) is 4.98. The highest BCUT2D eigenvalue weighted by molar-refractivity contribution is 7.18. The van der Waals surface area contributed by atoms with Gasteiger partial charge >= 0.3 is 0 Å². The topological polar surface area (TPSA) is 44.3 Å². The summed E-state index contributed by atoms with van der Waals surface area (Å²) in [6, 6.07) is 0.645. The van der Waals surface area contributed by atoms with E-state index in [2.05, 4.69) is 49.7 Å². The van der Waals surface area contributed by atoms with E-state index in [0.717, 1.165) is 35.5 Å². The van der Waals surface area contributed by atoms with Gasteiger partial charge in [0.2, 0.25) is 0 Å². The van der Waals surface area contributed by atoms with Crippen LogP contribution in [-0.2, 0) is 6.54 Å². The van der Waals surface area contributed by atoms with Gasteiger partial charge in [-0.05, 0) is 84.0 Å². The average molecular weight is 416 g/mol. The summed E-state index contributed by atoms with van der Waals surface area (Å²) in [4.78, 5) is 17.6. The summed E-state index contributed by atoms with van der Waals surface area (Å²) in [6.45, 7) is 18.0. The molecule has 2 fully saturated rings. The van der Waals surface area contributed by atoms with Gasteiger partial charge in [-0.2, -0.15) is 0 Å². The van der Waals surface area contributed by atoms with Crippen LogP contribution in [0.5, 0.6) is 0 Å². The molecule has 2 aliphatic heterocycles. The van der Waals surface area contributed by atoms with Gasteiger partial charge in [0.25, 0.3) is 0 Å². The van der Waals surface area contributed by atoms with Crippen LogP contribution in [0.25, 0.3) is 10.2 Å². The van der Waals surface area contributed by atoms with Crippen molar-refractivity contribution in [3.63, 3.8) is 0 Å². The Balaban J connectivity index is 1.51. The molecule has 0 saturated carbocycles. The Kier molecular flexibility index (Phi) is 6.42. The molecule has 2 aromatic heterocycles. The highest BCUT2D eigenvalue weighted by Gasteiger charge is 2.25. The third-order valence-electron chi connectivity index (χ3n) is 6.92. The maximum Gasteiger partial charge on any atom is 0.146 e. The second kappa shape index (κ2) is 8.86. The monoisotopic (exact) mass is 415 g/mol. The number of likely N-dealkylation sites (tertiary alicyclic amines) is 2. The maximum atomic E-state index is 5.03. The van der Waals surface area contributed by atoms with E-state index >= 15 is 0 Å². The fourth-order valence-electron chi connectivity index (χ4n) is 4.65. The Morgan fingerprint density at radius 3 is 2.55 bits per heavy atom. The Bertz CT molecular complexity index is 837. The largest absolute Gasteiger partial charge is 0.369 e. The Morgan fingerprint density at radius 2 is 1.86 bits per heavy atom. The molecule has 2 aromatic rings. The first-order valence-electron chi connectivity index (χ1n) is 11.4.